The van der Waals surface area contributed by atoms with E-state index in [1.54, 1.807) is 37.2 Å². The number of carbonyl (C=O) groups excluding carboxylic acids is 6. The van der Waals surface area contributed by atoms with Crippen molar-refractivity contribution < 1.29 is 94.3 Å². The number of hydrogen-bond donors (Lipinski definition) is 2. The summed E-state index contributed by atoms with van der Waals surface area (Å²) in [6.45, 7) is 17.9. The average Bonchev–Trinajstić information content (AvgIpc) is 1.60. The van der Waals surface area contributed by atoms with Crippen molar-refractivity contribution in [3.8, 4) is 23.3 Å². The SMILES string of the molecule is C[C@@H]1[C@@H]2CN(C(=O)[C@H](C(C)(C)C)NC(=O)O[C@@H]3CC4CC4[C@H]3CCCCCc3nc4ccc(OCc5cnccn5)cc4nc3O2)[C@@H]1[C-]=O.C[C@@H]1[C@@H]2CN(C(=O)[C@H](C(C)(C)C)NC(=O)O[C@]3(C)CCC[C@H]3CCCCCc3nc4ccc(OCc5cnccn5)cc4nc3O2)[C@@H]1[C-]=O.[V].[V]. The number of aryl methyl sites for hydroxylation is 2. The van der Waals surface area contributed by atoms with Crippen LogP contribution in [0, 0.1) is 46.3 Å². The molecule has 8 heterocycles. The summed E-state index contributed by atoms with van der Waals surface area (Å²) in [6.07, 6.45) is 25.4. The summed E-state index contributed by atoms with van der Waals surface area (Å²) in [5.74, 6) is 2.27. The number of alkyl carbamates (subject to hydrolysis) is 2. The van der Waals surface area contributed by atoms with Gasteiger partial charge in [0.05, 0.1) is 58.9 Å². The fraction of sp³-hybridized carbons (Fsp3) is 0.595. The molecule has 13 rings (SSSR count). The van der Waals surface area contributed by atoms with Gasteiger partial charge in [0.1, 0.15) is 72.1 Å². The van der Waals surface area contributed by atoms with Gasteiger partial charge in [-0.15, -0.1) is 0 Å². The number of carbonyl (C=O) groups is 4. The molecule has 2 radical (unpaired) electrons. The summed E-state index contributed by atoms with van der Waals surface area (Å²) in [5.41, 5.74) is 3.63. The van der Waals surface area contributed by atoms with Gasteiger partial charge in [0.15, 0.2) is 0 Å². The molecule has 2 saturated heterocycles. The maximum Gasteiger partial charge on any atom is 0.408 e. The quantitative estimate of drug-likeness (QED) is 0.134. The van der Waals surface area contributed by atoms with E-state index < -0.39 is 65.0 Å². The first kappa shape index (κ1) is 75.1. The molecule has 14 atom stereocenters. The van der Waals surface area contributed by atoms with E-state index in [0.29, 0.717) is 81.8 Å². The van der Waals surface area contributed by atoms with Crippen molar-refractivity contribution in [1.82, 2.24) is 60.3 Å². The third-order valence-electron chi connectivity index (χ3n) is 21.2. The number of aromatic nitrogens is 8. The van der Waals surface area contributed by atoms with Crippen molar-refractivity contribution >= 4 is 58.6 Å². The molecule has 24 nitrogen and oxygen atoms in total. The molecule has 6 aromatic rings. The van der Waals surface area contributed by atoms with Crippen molar-refractivity contribution in [2.45, 2.75) is 220 Å². The first-order valence-electron chi connectivity index (χ1n) is 35.1. The molecule has 4 amide bonds. The van der Waals surface area contributed by atoms with Crippen LogP contribution >= 0.6 is 0 Å². The Bertz CT molecular complexity index is 3730. The van der Waals surface area contributed by atoms with E-state index in [-0.39, 0.29) is 99.1 Å². The van der Waals surface area contributed by atoms with Crippen LogP contribution in [0.25, 0.3) is 22.1 Å². The van der Waals surface area contributed by atoms with Crippen molar-refractivity contribution in [1.29, 1.82) is 0 Å². The van der Waals surface area contributed by atoms with E-state index in [1.807, 2.05) is 98.7 Å². The van der Waals surface area contributed by atoms with Gasteiger partial charge in [-0.3, -0.25) is 29.5 Å². The Morgan fingerprint density at radius 3 is 1.54 bits per heavy atom. The molecular formula is C74H92N12O12V2-2. The van der Waals surface area contributed by atoms with Crippen LogP contribution in [0.15, 0.2) is 73.6 Å². The number of nitrogens with one attached hydrogen (secondary N) is 2. The Labute approximate surface area is 608 Å². The zero-order valence-electron chi connectivity index (χ0n) is 58.6. The number of rotatable bonds is 8. The van der Waals surface area contributed by atoms with Gasteiger partial charge in [-0.2, -0.15) is 0 Å². The second-order valence-corrected chi connectivity index (χ2v) is 30.2. The number of nitrogens with zero attached hydrogens (tertiary/aromatic N) is 10. The van der Waals surface area contributed by atoms with Crippen molar-refractivity contribution in [3.05, 3.63) is 96.4 Å². The molecular weight excluding hydrogens is 1350 g/mol. The summed E-state index contributed by atoms with van der Waals surface area (Å²) in [6, 6.07) is 7.59. The Hall–Kier alpha value is -7.53. The minimum Gasteiger partial charge on any atom is -0.540 e. The molecule has 532 valence electrons. The molecule has 3 saturated carbocycles. The number of hydrogen-bond acceptors (Lipinski definition) is 20. The Morgan fingerprint density at radius 2 is 1.06 bits per heavy atom. The minimum absolute atomic E-state index is 0. The van der Waals surface area contributed by atoms with Gasteiger partial charge >= 0.3 is 12.2 Å². The van der Waals surface area contributed by atoms with Crippen LogP contribution in [0.1, 0.15) is 169 Å². The molecule has 26 heteroatoms. The van der Waals surface area contributed by atoms with Gasteiger partial charge in [0, 0.05) is 74.0 Å². The standard InChI is InChI=1S/C37H45N6O6.C37H47N6O6.2V/c1-21-30(19-44)43-18-32(21)48-34-28(40-27-11-10-24(16-29(27)41-34)47-20-23-17-38-12-13-39-23)9-7-5-6-8-25-26-14-22(26)15-31(25)49-36(46)42-33(35(43)45)37(2,3)4;1-23-30(21-44)43-20-31(23)48-33-28(40-27-14-13-26(18-29(27)41-33)47-22-25-19-38-16-17-39-25)12-8-6-7-10-24-11-9-15-37(24,5)49-35(46)42-32(34(43)45)36(2,3)4;;/h10-13,16-17,21-22,25-26,30-33H,5-9,14-15,18,20H2,1-4H3,(H,42,46);13-14,16-19,23-24,30-32H,6-12,15,20,22H2,1-5H3,(H,42,46);;/q2*-1;;/t21-,22?,25+,26?,30+,31+,32-,33+;23-,24+,30+,31-,32+,37+;;/m00../s1. The molecule has 0 spiro atoms. The van der Waals surface area contributed by atoms with E-state index in [0.717, 1.165) is 94.0 Å². The Kier molecular flexibility index (Phi) is 24.2. The molecule has 4 aliphatic heterocycles. The van der Waals surface area contributed by atoms with Crippen LogP contribution < -0.4 is 29.6 Å². The Morgan fingerprint density at radius 1 is 0.570 bits per heavy atom. The van der Waals surface area contributed by atoms with Crippen LogP contribution in [0.5, 0.6) is 23.3 Å². The van der Waals surface area contributed by atoms with E-state index in [2.05, 4.69) is 43.1 Å². The maximum atomic E-state index is 14.2. The first-order valence-corrected chi connectivity index (χ1v) is 35.1. The predicted octanol–water partition coefficient (Wildman–Crippen LogP) is 10.5. The second kappa shape index (κ2) is 32.2. The van der Waals surface area contributed by atoms with Crippen LogP contribution in [0.2, 0.25) is 0 Å². The normalized spacial score (nSPS) is 28.8. The van der Waals surface area contributed by atoms with E-state index in [9.17, 15) is 28.8 Å². The van der Waals surface area contributed by atoms with Crippen LogP contribution in [-0.2, 0) is 91.8 Å². The van der Waals surface area contributed by atoms with E-state index in [1.165, 1.54) is 16.2 Å². The summed E-state index contributed by atoms with van der Waals surface area (Å²) >= 11 is 0. The van der Waals surface area contributed by atoms with Gasteiger partial charge in [-0.1, -0.05) is 93.2 Å². The van der Waals surface area contributed by atoms with Gasteiger partial charge < -0.3 is 58.4 Å². The molecule has 7 aliphatic rings. The molecule has 2 unspecified atom stereocenters. The minimum atomic E-state index is -0.930. The number of benzene rings is 2. The van der Waals surface area contributed by atoms with E-state index >= 15 is 0 Å². The average molecular weight is 1440 g/mol. The van der Waals surface area contributed by atoms with Gasteiger partial charge in [-0.25, -0.2) is 42.1 Å². The van der Waals surface area contributed by atoms with Crippen molar-refractivity contribution in [3.63, 3.8) is 0 Å². The fourth-order valence-electron chi connectivity index (χ4n) is 15.4. The van der Waals surface area contributed by atoms with E-state index in [4.69, 9.17) is 48.4 Å². The van der Waals surface area contributed by atoms with Crippen LogP contribution in [0.4, 0.5) is 9.59 Å². The first-order chi connectivity index (χ1) is 47.0. The number of ether oxygens (including phenoxy) is 6. The third kappa shape index (κ3) is 17.3. The third-order valence-corrected chi connectivity index (χ3v) is 21.2. The Balaban J connectivity index is 0.000000212. The van der Waals surface area contributed by atoms with Gasteiger partial charge in [0.2, 0.25) is 23.6 Å². The largest absolute Gasteiger partial charge is 0.540 e. The molecule has 4 aromatic heterocycles. The van der Waals surface area contributed by atoms with Gasteiger partial charge in [0.25, 0.3) is 0 Å². The monoisotopic (exact) mass is 1440 g/mol. The molecule has 100 heavy (non-hydrogen) atoms. The fourth-order valence-corrected chi connectivity index (χ4v) is 15.4. The molecule has 2 N–H and O–H groups in total. The second-order valence-electron chi connectivity index (χ2n) is 30.2. The van der Waals surface area contributed by atoms with Gasteiger partial charge in [-0.05, 0) is 148 Å². The molecule has 4 bridgehead atoms. The van der Waals surface area contributed by atoms with Crippen molar-refractivity contribution in [2.75, 3.05) is 13.1 Å². The summed E-state index contributed by atoms with van der Waals surface area (Å²) in [5, 5.41) is 5.78. The topological polar surface area (TPSA) is 291 Å². The summed E-state index contributed by atoms with van der Waals surface area (Å²) in [4.78, 5) is 119. The molecule has 3 aliphatic carbocycles. The molecule has 2 aromatic carbocycles. The predicted molar refractivity (Wildman–Crippen MR) is 361 cm³/mol. The van der Waals surface area contributed by atoms with Crippen LogP contribution in [0.3, 0.4) is 0 Å². The smallest absolute Gasteiger partial charge is 0.408 e. The van der Waals surface area contributed by atoms with Crippen LogP contribution in [-0.4, -0.2) is 147 Å². The maximum absolute atomic E-state index is 14.2. The number of amides is 4. The summed E-state index contributed by atoms with van der Waals surface area (Å²) < 4.78 is 37.3. The molecule has 5 fully saturated rings. The zero-order valence-corrected chi connectivity index (χ0v) is 61.4. The van der Waals surface area contributed by atoms with Crippen molar-refractivity contribution in [2.24, 2.45) is 46.3 Å². The number of fused-ring (bicyclic) bond motifs is 12. The zero-order chi connectivity index (χ0) is 69.0. The summed E-state index contributed by atoms with van der Waals surface area (Å²) in [7, 11) is 0.